The molecule has 1 atom stereocenters. The summed E-state index contributed by atoms with van der Waals surface area (Å²) in [5, 5.41) is 2.83. The van der Waals surface area contributed by atoms with Crippen LogP contribution in [-0.4, -0.2) is 23.0 Å². The molecule has 2 amide bonds. The topological polar surface area (TPSA) is 65.2 Å². The van der Waals surface area contributed by atoms with E-state index < -0.39 is 35.1 Å². The van der Waals surface area contributed by atoms with Gasteiger partial charge < -0.3 is 15.2 Å². The second-order valence-corrected chi connectivity index (χ2v) is 6.99. The van der Waals surface area contributed by atoms with Crippen LogP contribution < -0.4 is 10.9 Å². The predicted molar refractivity (Wildman–Crippen MR) is 104 cm³/mol. The number of hydrogen-bond donors (Lipinski definition) is 2. The van der Waals surface area contributed by atoms with Crippen LogP contribution in [0.4, 0.5) is 18.0 Å². The summed E-state index contributed by atoms with van der Waals surface area (Å²) in [6.07, 6.45) is 1.37. The average Bonchev–Trinajstić information content (AvgIpc) is 2.69. The Morgan fingerprint density at radius 1 is 1.14 bits per heavy atom. The van der Waals surface area contributed by atoms with Gasteiger partial charge in [0.15, 0.2) is 11.6 Å². The number of aromatic amines is 1. The number of carbonyl (C=O) groups is 1. The highest BCUT2D eigenvalue weighted by Crippen LogP contribution is 2.27. The number of urea groups is 1. The van der Waals surface area contributed by atoms with Gasteiger partial charge in [0.2, 0.25) is 0 Å². The molecule has 152 valence electrons. The van der Waals surface area contributed by atoms with Gasteiger partial charge in [-0.1, -0.05) is 17.7 Å². The number of carbonyl (C=O) groups excluding carboxylic acids is 1. The maximum atomic E-state index is 13.7. The third-order valence-electron chi connectivity index (χ3n) is 4.75. The van der Waals surface area contributed by atoms with Gasteiger partial charge in [-0.25, -0.2) is 18.0 Å². The third-order valence-corrected chi connectivity index (χ3v) is 5.04. The molecule has 9 heteroatoms. The lowest BCUT2D eigenvalue weighted by atomic mass is 10.0. The molecule has 2 aromatic carbocycles. The number of halogens is 4. The second kappa shape index (κ2) is 8.16. The minimum atomic E-state index is -1.13. The zero-order valence-electron chi connectivity index (χ0n) is 15.5. The average molecular weight is 424 g/mol. The first-order valence-corrected chi connectivity index (χ1v) is 9.01. The van der Waals surface area contributed by atoms with Crippen molar-refractivity contribution in [1.82, 2.24) is 15.2 Å². The highest BCUT2D eigenvalue weighted by atomic mass is 35.5. The number of amides is 2. The van der Waals surface area contributed by atoms with Crippen LogP contribution in [0.5, 0.6) is 0 Å². The van der Waals surface area contributed by atoms with Gasteiger partial charge in [0, 0.05) is 19.8 Å². The predicted octanol–water partition coefficient (Wildman–Crippen LogP) is 4.50. The number of fused-ring (bicyclic) bond motifs is 1. The highest BCUT2D eigenvalue weighted by molar-refractivity contribution is 6.30. The Balaban J connectivity index is 1.82. The molecule has 0 aliphatic heterocycles. The number of aromatic nitrogens is 1. The minimum absolute atomic E-state index is 0.0111. The van der Waals surface area contributed by atoms with Crippen LogP contribution in [0.2, 0.25) is 5.02 Å². The quantitative estimate of drug-likeness (QED) is 0.649. The molecule has 1 heterocycles. The Kier molecular flexibility index (Phi) is 5.83. The number of rotatable bonds is 4. The molecule has 0 radical (unpaired) electrons. The SMILES string of the molecule is C[C@H](c1c[nH]c(=O)c2cc(F)c(F)cc12)N(C)C(=O)NCc1ccc(F)c(Cl)c1. The molecule has 1 aromatic heterocycles. The van der Waals surface area contributed by atoms with Crippen molar-refractivity contribution < 1.29 is 18.0 Å². The smallest absolute Gasteiger partial charge is 0.317 e. The Hall–Kier alpha value is -3.00. The van der Waals surface area contributed by atoms with Crippen LogP contribution in [0.1, 0.15) is 24.1 Å². The summed E-state index contributed by atoms with van der Waals surface area (Å²) in [5.41, 5.74) is 0.494. The van der Waals surface area contributed by atoms with Gasteiger partial charge in [-0.2, -0.15) is 0 Å². The number of H-pyrrole nitrogens is 1. The lowest BCUT2D eigenvalue weighted by Crippen LogP contribution is -2.38. The summed E-state index contributed by atoms with van der Waals surface area (Å²) in [7, 11) is 1.52. The first kappa shape index (κ1) is 20.7. The van der Waals surface area contributed by atoms with E-state index in [9.17, 15) is 22.8 Å². The monoisotopic (exact) mass is 423 g/mol. The van der Waals surface area contributed by atoms with Gasteiger partial charge in [0.25, 0.3) is 5.56 Å². The lowest BCUT2D eigenvalue weighted by Gasteiger charge is -2.26. The van der Waals surface area contributed by atoms with Crippen molar-refractivity contribution in [3.63, 3.8) is 0 Å². The minimum Gasteiger partial charge on any atom is -0.334 e. The molecular formula is C20H17ClF3N3O2. The van der Waals surface area contributed by atoms with Gasteiger partial charge in [0.05, 0.1) is 16.5 Å². The van der Waals surface area contributed by atoms with E-state index in [1.165, 1.54) is 36.3 Å². The summed E-state index contributed by atoms with van der Waals surface area (Å²) < 4.78 is 40.5. The maximum Gasteiger partial charge on any atom is 0.317 e. The van der Waals surface area contributed by atoms with Crippen LogP contribution in [0.25, 0.3) is 10.8 Å². The molecule has 5 nitrogen and oxygen atoms in total. The number of hydrogen-bond acceptors (Lipinski definition) is 2. The Morgan fingerprint density at radius 3 is 2.45 bits per heavy atom. The van der Waals surface area contributed by atoms with Crippen LogP contribution in [-0.2, 0) is 6.54 Å². The summed E-state index contributed by atoms with van der Waals surface area (Å²) in [4.78, 5) is 28.3. The maximum absolute atomic E-state index is 13.7. The molecule has 0 aliphatic carbocycles. The molecule has 0 spiro atoms. The summed E-state index contributed by atoms with van der Waals surface area (Å²) in [5.74, 6) is -2.77. The highest BCUT2D eigenvalue weighted by Gasteiger charge is 2.21. The molecule has 0 fully saturated rings. The molecule has 0 unspecified atom stereocenters. The van der Waals surface area contributed by atoms with Crippen LogP contribution in [0, 0.1) is 17.5 Å². The normalized spacial score (nSPS) is 12.1. The Morgan fingerprint density at radius 2 is 1.79 bits per heavy atom. The van der Waals surface area contributed by atoms with Crippen LogP contribution in [0.15, 0.2) is 41.3 Å². The fourth-order valence-electron chi connectivity index (χ4n) is 2.95. The van der Waals surface area contributed by atoms with Crippen molar-refractivity contribution in [2.24, 2.45) is 0 Å². The van der Waals surface area contributed by atoms with E-state index in [-0.39, 0.29) is 22.3 Å². The molecule has 3 aromatic rings. The van der Waals surface area contributed by atoms with Crippen molar-refractivity contribution in [3.05, 3.63) is 80.5 Å². The van der Waals surface area contributed by atoms with Crippen molar-refractivity contribution in [3.8, 4) is 0 Å². The molecular weight excluding hydrogens is 407 g/mol. The Labute approximate surface area is 169 Å². The standard InChI is InChI=1S/C20H17ClF3N3O2/c1-10(14-9-25-19(28)13-7-18(24)17(23)6-12(13)14)27(2)20(29)26-8-11-3-4-16(22)15(21)5-11/h3-7,9-10H,8H2,1-2H3,(H,25,28)(H,26,29)/t10-/m1/s1. The van der Waals surface area contributed by atoms with Crippen molar-refractivity contribution >= 4 is 28.4 Å². The summed E-state index contributed by atoms with van der Waals surface area (Å²) >= 11 is 5.73. The number of nitrogens with one attached hydrogen (secondary N) is 2. The molecule has 0 bridgehead atoms. The van der Waals surface area contributed by atoms with Gasteiger partial charge in [-0.05, 0) is 47.7 Å². The van der Waals surface area contributed by atoms with Gasteiger partial charge in [-0.3, -0.25) is 4.79 Å². The van der Waals surface area contributed by atoms with Crippen LogP contribution in [0.3, 0.4) is 0 Å². The fraction of sp³-hybridized carbons (Fsp3) is 0.200. The van der Waals surface area contributed by atoms with E-state index in [1.54, 1.807) is 6.92 Å². The number of benzene rings is 2. The van der Waals surface area contributed by atoms with Gasteiger partial charge >= 0.3 is 6.03 Å². The molecule has 0 saturated heterocycles. The Bertz CT molecular complexity index is 1150. The van der Waals surface area contributed by atoms with Gasteiger partial charge in [-0.15, -0.1) is 0 Å². The van der Waals surface area contributed by atoms with E-state index in [4.69, 9.17) is 11.6 Å². The van der Waals surface area contributed by atoms with E-state index >= 15 is 0 Å². The van der Waals surface area contributed by atoms with Crippen molar-refractivity contribution in [2.75, 3.05) is 7.05 Å². The molecule has 2 N–H and O–H groups in total. The first-order valence-electron chi connectivity index (χ1n) is 8.64. The molecule has 0 saturated carbocycles. The van der Waals surface area contributed by atoms with Crippen molar-refractivity contribution in [1.29, 1.82) is 0 Å². The zero-order valence-corrected chi connectivity index (χ0v) is 16.3. The first-order chi connectivity index (χ1) is 13.7. The summed E-state index contributed by atoms with van der Waals surface area (Å²) in [6.45, 7) is 1.80. The van der Waals surface area contributed by atoms with E-state index in [1.807, 2.05) is 0 Å². The second-order valence-electron chi connectivity index (χ2n) is 6.58. The molecule has 3 rings (SSSR count). The fourth-order valence-corrected chi connectivity index (χ4v) is 3.16. The summed E-state index contributed by atoms with van der Waals surface area (Å²) in [6, 6.07) is 4.85. The largest absolute Gasteiger partial charge is 0.334 e. The number of pyridine rings is 1. The molecule has 0 aliphatic rings. The third kappa shape index (κ3) is 4.22. The van der Waals surface area contributed by atoms with E-state index in [2.05, 4.69) is 10.3 Å². The number of nitrogens with zero attached hydrogens (tertiary/aromatic N) is 1. The van der Waals surface area contributed by atoms with E-state index in [0.29, 0.717) is 11.1 Å². The van der Waals surface area contributed by atoms with Gasteiger partial charge in [0.1, 0.15) is 5.82 Å². The van der Waals surface area contributed by atoms with E-state index in [0.717, 1.165) is 12.1 Å². The van der Waals surface area contributed by atoms with Crippen LogP contribution >= 0.6 is 11.6 Å². The zero-order chi connectivity index (χ0) is 21.3. The lowest BCUT2D eigenvalue weighted by molar-refractivity contribution is 0.194. The molecule has 29 heavy (non-hydrogen) atoms. The van der Waals surface area contributed by atoms with Crippen molar-refractivity contribution in [2.45, 2.75) is 19.5 Å².